The molecule has 3 heteroatoms. The van der Waals surface area contributed by atoms with Gasteiger partial charge in [-0.25, -0.2) is 4.98 Å². The number of aromatic nitrogens is 1. The first kappa shape index (κ1) is 13.3. The molecule has 0 spiro atoms. The molecule has 0 unspecified atom stereocenters. The van der Waals surface area contributed by atoms with Crippen LogP contribution in [-0.4, -0.2) is 4.98 Å². The highest BCUT2D eigenvalue weighted by Crippen LogP contribution is 2.27. The van der Waals surface area contributed by atoms with Crippen LogP contribution in [0.2, 0.25) is 0 Å². The minimum Gasteiger partial charge on any atom is -0.441 e. The van der Waals surface area contributed by atoms with Gasteiger partial charge in [-0.1, -0.05) is 48.8 Å². The van der Waals surface area contributed by atoms with Crippen molar-refractivity contribution in [2.45, 2.75) is 38.4 Å². The predicted octanol–water partition coefficient (Wildman–Crippen LogP) is 4.84. The SMILES string of the molecule is Cc1oc(-c2ccc(C(C)(C)C)cc2)nc1CBr. The van der Waals surface area contributed by atoms with Crippen LogP contribution < -0.4 is 0 Å². The van der Waals surface area contributed by atoms with Gasteiger partial charge in [0.15, 0.2) is 0 Å². The monoisotopic (exact) mass is 307 g/mol. The molecule has 1 heterocycles. The molecule has 1 aromatic heterocycles. The van der Waals surface area contributed by atoms with Gasteiger partial charge >= 0.3 is 0 Å². The van der Waals surface area contributed by atoms with Gasteiger partial charge in [0.1, 0.15) is 5.76 Å². The average molecular weight is 308 g/mol. The number of benzene rings is 1. The summed E-state index contributed by atoms with van der Waals surface area (Å²) in [5, 5.41) is 0.725. The maximum atomic E-state index is 5.68. The van der Waals surface area contributed by atoms with Crippen molar-refractivity contribution in [3.05, 3.63) is 41.3 Å². The van der Waals surface area contributed by atoms with Crippen LogP contribution in [0.15, 0.2) is 28.7 Å². The maximum absolute atomic E-state index is 5.68. The second kappa shape index (κ2) is 4.88. The van der Waals surface area contributed by atoms with Gasteiger partial charge in [0.25, 0.3) is 0 Å². The first-order valence-electron chi connectivity index (χ1n) is 6.05. The average Bonchev–Trinajstić information content (AvgIpc) is 2.69. The molecular weight excluding hydrogens is 290 g/mol. The fourth-order valence-electron chi connectivity index (χ4n) is 1.79. The summed E-state index contributed by atoms with van der Waals surface area (Å²) in [5.74, 6) is 1.57. The highest BCUT2D eigenvalue weighted by atomic mass is 79.9. The first-order valence-corrected chi connectivity index (χ1v) is 7.17. The van der Waals surface area contributed by atoms with E-state index in [1.807, 2.05) is 6.92 Å². The highest BCUT2D eigenvalue weighted by Gasteiger charge is 2.15. The Morgan fingerprint density at radius 2 is 1.78 bits per heavy atom. The number of hydrogen-bond acceptors (Lipinski definition) is 2. The van der Waals surface area contributed by atoms with E-state index in [4.69, 9.17) is 4.42 Å². The molecule has 0 aliphatic heterocycles. The van der Waals surface area contributed by atoms with Crippen LogP contribution in [-0.2, 0) is 10.7 Å². The summed E-state index contributed by atoms with van der Waals surface area (Å²) in [6, 6.07) is 8.43. The Hall–Kier alpha value is -1.09. The Bertz CT molecular complexity index is 535. The molecule has 0 amide bonds. The van der Waals surface area contributed by atoms with Crippen molar-refractivity contribution < 1.29 is 4.42 Å². The normalized spacial score (nSPS) is 11.8. The lowest BCUT2D eigenvalue weighted by atomic mass is 9.87. The van der Waals surface area contributed by atoms with E-state index in [-0.39, 0.29) is 5.41 Å². The van der Waals surface area contributed by atoms with Crippen LogP contribution in [0.5, 0.6) is 0 Å². The van der Waals surface area contributed by atoms with Gasteiger partial charge in [0.2, 0.25) is 5.89 Å². The van der Waals surface area contributed by atoms with Gasteiger partial charge in [0, 0.05) is 10.9 Å². The fourth-order valence-corrected chi connectivity index (χ4v) is 2.31. The number of rotatable bonds is 2. The zero-order valence-electron chi connectivity index (χ0n) is 11.2. The van der Waals surface area contributed by atoms with Crippen molar-refractivity contribution in [2.75, 3.05) is 0 Å². The number of aryl methyl sites for hydroxylation is 1. The molecule has 18 heavy (non-hydrogen) atoms. The van der Waals surface area contributed by atoms with Crippen molar-refractivity contribution in [1.29, 1.82) is 0 Å². The molecule has 0 aliphatic carbocycles. The second-order valence-electron chi connectivity index (χ2n) is 5.48. The molecule has 0 aliphatic rings. The molecule has 1 aromatic carbocycles. The van der Waals surface area contributed by atoms with Crippen molar-refractivity contribution in [1.82, 2.24) is 4.98 Å². The third kappa shape index (κ3) is 2.66. The van der Waals surface area contributed by atoms with Crippen molar-refractivity contribution >= 4 is 15.9 Å². The van der Waals surface area contributed by atoms with Gasteiger partial charge in [-0.2, -0.15) is 0 Å². The number of hydrogen-bond donors (Lipinski definition) is 0. The van der Waals surface area contributed by atoms with Gasteiger partial charge < -0.3 is 4.42 Å². The van der Waals surface area contributed by atoms with Crippen LogP contribution in [0.4, 0.5) is 0 Å². The summed E-state index contributed by atoms with van der Waals surface area (Å²) in [7, 11) is 0. The lowest BCUT2D eigenvalue weighted by Gasteiger charge is -2.18. The van der Waals surface area contributed by atoms with Gasteiger partial charge in [0.05, 0.1) is 5.69 Å². The van der Waals surface area contributed by atoms with Crippen LogP contribution in [0.3, 0.4) is 0 Å². The van der Waals surface area contributed by atoms with E-state index in [9.17, 15) is 0 Å². The quantitative estimate of drug-likeness (QED) is 0.742. The summed E-state index contributed by atoms with van der Waals surface area (Å²) < 4.78 is 5.68. The van der Waals surface area contributed by atoms with Crippen LogP contribution in [0, 0.1) is 6.92 Å². The van der Waals surface area contributed by atoms with Crippen LogP contribution in [0.25, 0.3) is 11.5 Å². The predicted molar refractivity (Wildman–Crippen MR) is 78.0 cm³/mol. The van der Waals surface area contributed by atoms with Crippen molar-refractivity contribution in [3.63, 3.8) is 0 Å². The topological polar surface area (TPSA) is 26.0 Å². The molecule has 0 radical (unpaired) electrons. The molecule has 0 N–H and O–H groups in total. The summed E-state index contributed by atoms with van der Waals surface area (Å²) in [6.07, 6.45) is 0. The minimum absolute atomic E-state index is 0.173. The molecule has 2 rings (SSSR count). The van der Waals surface area contributed by atoms with Gasteiger partial charge in [-0.05, 0) is 30.0 Å². The number of nitrogens with zero attached hydrogens (tertiary/aromatic N) is 1. The number of oxazole rings is 1. The Morgan fingerprint density at radius 3 is 2.22 bits per heavy atom. The number of alkyl halides is 1. The summed E-state index contributed by atoms with van der Waals surface area (Å²) >= 11 is 3.41. The van der Waals surface area contributed by atoms with E-state index < -0.39 is 0 Å². The van der Waals surface area contributed by atoms with E-state index in [2.05, 4.69) is 66.0 Å². The molecule has 0 bridgehead atoms. The second-order valence-corrected chi connectivity index (χ2v) is 6.04. The Labute approximate surface area is 117 Å². The maximum Gasteiger partial charge on any atom is 0.226 e. The largest absolute Gasteiger partial charge is 0.441 e. The molecule has 0 fully saturated rings. The lowest BCUT2D eigenvalue weighted by molar-refractivity contribution is 0.540. The standard InChI is InChI=1S/C15H18BrNO/c1-10-13(9-16)17-14(18-10)11-5-7-12(8-6-11)15(2,3)4/h5-8H,9H2,1-4H3. The Morgan fingerprint density at radius 1 is 1.17 bits per heavy atom. The molecule has 2 nitrogen and oxygen atoms in total. The third-order valence-corrected chi connectivity index (χ3v) is 3.55. The number of halogens is 1. The van der Waals surface area contributed by atoms with E-state index in [1.165, 1.54) is 5.56 Å². The summed E-state index contributed by atoms with van der Waals surface area (Å²) in [4.78, 5) is 4.48. The molecular formula is C15H18BrNO. The molecule has 0 atom stereocenters. The third-order valence-electron chi connectivity index (χ3n) is 3.02. The van der Waals surface area contributed by atoms with E-state index >= 15 is 0 Å². The Kier molecular flexibility index (Phi) is 3.62. The lowest BCUT2D eigenvalue weighted by Crippen LogP contribution is -2.10. The van der Waals surface area contributed by atoms with Gasteiger partial charge in [-0.3, -0.25) is 0 Å². The smallest absolute Gasteiger partial charge is 0.226 e. The summed E-state index contributed by atoms with van der Waals surface area (Å²) in [5.41, 5.74) is 3.48. The first-order chi connectivity index (χ1) is 8.41. The molecule has 96 valence electrons. The Balaban J connectivity index is 2.34. The van der Waals surface area contributed by atoms with Crippen LogP contribution >= 0.6 is 15.9 Å². The molecule has 0 saturated carbocycles. The zero-order chi connectivity index (χ0) is 13.3. The molecule has 0 saturated heterocycles. The highest BCUT2D eigenvalue weighted by molar-refractivity contribution is 9.08. The van der Waals surface area contributed by atoms with Crippen molar-refractivity contribution in [3.8, 4) is 11.5 Å². The van der Waals surface area contributed by atoms with E-state index in [1.54, 1.807) is 0 Å². The van der Waals surface area contributed by atoms with E-state index in [0.717, 1.165) is 22.3 Å². The fraction of sp³-hybridized carbons (Fsp3) is 0.400. The van der Waals surface area contributed by atoms with Crippen LogP contribution in [0.1, 0.15) is 37.8 Å². The summed E-state index contributed by atoms with van der Waals surface area (Å²) in [6.45, 7) is 8.57. The van der Waals surface area contributed by atoms with Crippen molar-refractivity contribution in [2.24, 2.45) is 0 Å². The zero-order valence-corrected chi connectivity index (χ0v) is 12.8. The van der Waals surface area contributed by atoms with E-state index in [0.29, 0.717) is 5.89 Å². The van der Waals surface area contributed by atoms with Gasteiger partial charge in [-0.15, -0.1) is 0 Å². The minimum atomic E-state index is 0.173. The molecule has 2 aromatic rings.